The van der Waals surface area contributed by atoms with Gasteiger partial charge >= 0.3 is 0 Å². The maximum absolute atomic E-state index is 12.2. The molecule has 19 heavy (non-hydrogen) atoms. The van der Waals surface area contributed by atoms with Crippen molar-refractivity contribution >= 4 is 15.7 Å². The maximum atomic E-state index is 12.2. The maximum Gasteiger partial charge on any atom is 0.240 e. The number of benzene rings is 1. The van der Waals surface area contributed by atoms with Crippen LogP contribution in [0, 0.1) is 0 Å². The molecule has 0 saturated heterocycles. The monoisotopic (exact) mass is 285 g/mol. The van der Waals surface area contributed by atoms with Crippen molar-refractivity contribution in [1.82, 2.24) is 9.62 Å². The fourth-order valence-corrected chi connectivity index (χ4v) is 3.21. The molecule has 1 aromatic rings. The second-order valence-electron chi connectivity index (χ2n) is 4.58. The van der Waals surface area contributed by atoms with Crippen LogP contribution in [0.15, 0.2) is 29.2 Å². The molecule has 0 aliphatic carbocycles. The van der Waals surface area contributed by atoms with Gasteiger partial charge in [-0.15, -0.1) is 0 Å². The Morgan fingerprint density at radius 3 is 2.47 bits per heavy atom. The number of hydrogen-bond acceptors (Lipinski definition) is 4. The molecule has 1 aromatic carbocycles. The number of sulfonamides is 1. The highest BCUT2D eigenvalue weighted by atomic mass is 32.2. The Morgan fingerprint density at radius 1 is 1.32 bits per heavy atom. The molecule has 3 N–H and O–H groups in total. The zero-order chi connectivity index (χ0) is 14.5. The van der Waals surface area contributed by atoms with E-state index in [2.05, 4.69) is 23.5 Å². The van der Waals surface area contributed by atoms with Crippen molar-refractivity contribution in [3.8, 4) is 0 Å². The van der Waals surface area contributed by atoms with Crippen LogP contribution in [0.3, 0.4) is 0 Å². The van der Waals surface area contributed by atoms with Gasteiger partial charge in [-0.25, -0.2) is 13.1 Å². The Balaban J connectivity index is 2.74. The fourth-order valence-electron chi connectivity index (χ4n) is 1.92. The van der Waals surface area contributed by atoms with Crippen LogP contribution in [0.25, 0.3) is 0 Å². The Morgan fingerprint density at radius 2 is 1.95 bits per heavy atom. The Labute approximate surface area is 115 Å². The zero-order valence-electron chi connectivity index (χ0n) is 11.8. The number of nitrogen functional groups attached to an aromatic ring is 1. The summed E-state index contributed by atoms with van der Waals surface area (Å²) in [5, 5.41) is 0. The number of nitrogens with two attached hydrogens (primary N) is 1. The highest BCUT2D eigenvalue weighted by Crippen LogP contribution is 2.13. The second-order valence-corrected chi connectivity index (χ2v) is 6.29. The molecular formula is C13H23N3O2S. The minimum Gasteiger partial charge on any atom is -0.399 e. The van der Waals surface area contributed by atoms with E-state index < -0.39 is 10.0 Å². The summed E-state index contributed by atoms with van der Waals surface area (Å²) in [6, 6.07) is 6.17. The molecule has 0 amide bonds. The number of likely N-dealkylation sites (N-methyl/N-ethyl adjacent to an activating group) is 1. The standard InChI is InChI=1S/C13H23N3O2S/c1-4-16(5-2)10-11(3)15-19(17,18)13-8-6-7-12(14)9-13/h6-9,11,15H,4-5,10,14H2,1-3H3. The van der Waals surface area contributed by atoms with Crippen LogP contribution in [-0.4, -0.2) is 39.0 Å². The van der Waals surface area contributed by atoms with E-state index in [1.54, 1.807) is 18.2 Å². The summed E-state index contributed by atoms with van der Waals surface area (Å²) in [7, 11) is -3.50. The van der Waals surface area contributed by atoms with Crippen molar-refractivity contribution in [2.45, 2.75) is 31.7 Å². The lowest BCUT2D eigenvalue weighted by atomic mass is 10.3. The molecule has 0 aliphatic rings. The first-order valence-corrected chi connectivity index (χ1v) is 7.97. The molecule has 6 heteroatoms. The van der Waals surface area contributed by atoms with Crippen LogP contribution in [0.2, 0.25) is 0 Å². The highest BCUT2D eigenvalue weighted by molar-refractivity contribution is 7.89. The summed E-state index contributed by atoms with van der Waals surface area (Å²) < 4.78 is 27.0. The molecule has 0 saturated carbocycles. The molecule has 1 unspecified atom stereocenters. The van der Waals surface area contributed by atoms with Crippen molar-refractivity contribution in [2.75, 3.05) is 25.4 Å². The molecular weight excluding hydrogens is 262 g/mol. The van der Waals surface area contributed by atoms with Gasteiger partial charge in [0.05, 0.1) is 4.90 Å². The van der Waals surface area contributed by atoms with E-state index >= 15 is 0 Å². The molecule has 1 atom stereocenters. The van der Waals surface area contributed by atoms with Gasteiger partial charge in [-0.2, -0.15) is 0 Å². The van der Waals surface area contributed by atoms with Gasteiger partial charge in [0, 0.05) is 18.3 Å². The van der Waals surface area contributed by atoms with Gasteiger partial charge < -0.3 is 10.6 Å². The summed E-state index contributed by atoms with van der Waals surface area (Å²) >= 11 is 0. The normalized spacial score (nSPS) is 13.7. The number of anilines is 1. The molecule has 0 aromatic heterocycles. The van der Waals surface area contributed by atoms with E-state index in [-0.39, 0.29) is 10.9 Å². The summed E-state index contributed by atoms with van der Waals surface area (Å²) in [5.74, 6) is 0. The van der Waals surface area contributed by atoms with Crippen LogP contribution in [-0.2, 0) is 10.0 Å². The molecule has 0 aliphatic heterocycles. The van der Waals surface area contributed by atoms with E-state index in [0.717, 1.165) is 13.1 Å². The topological polar surface area (TPSA) is 75.4 Å². The minimum absolute atomic E-state index is 0.147. The molecule has 0 bridgehead atoms. The average Bonchev–Trinajstić information content (AvgIpc) is 2.35. The van der Waals surface area contributed by atoms with Gasteiger partial charge in [0.1, 0.15) is 0 Å². The van der Waals surface area contributed by atoms with Gasteiger partial charge in [-0.3, -0.25) is 0 Å². The second kappa shape index (κ2) is 6.88. The molecule has 0 heterocycles. The first kappa shape index (κ1) is 15.9. The molecule has 0 spiro atoms. The van der Waals surface area contributed by atoms with Crippen molar-refractivity contribution in [1.29, 1.82) is 0 Å². The summed E-state index contributed by atoms with van der Waals surface area (Å²) in [6.45, 7) is 8.48. The largest absolute Gasteiger partial charge is 0.399 e. The van der Waals surface area contributed by atoms with Crippen molar-refractivity contribution in [3.05, 3.63) is 24.3 Å². The number of nitrogens with zero attached hydrogens (tertiary/aromatic N) is 1. The highest BCUT2D eigenvalue weighted by Gasteiger charge is 2.18. The van der Waals surface area contributed by atoms with Crippen LogP contribution >= 0.6 is 0 Å². The number of nitrogens with one attached hydrogen (secondary N) is 1. The van der Waals surface area contributed by atoms with Gasteiger partial charge in [-0.05, 0) is 38.2 Å². The molecule has 0 fully saturated rings. The van der Waals surface area contributed by atoms with Crippen LogP contribution in [0.5, 0.6) is 0 Å². The van der Waals surface area contributed by atoms with Gasteiger partial charge in [-0.1, -0.05) is 19.9 Å². The molecule has 108 valence electrons. The summed E-state index contributed by atoms with van der Waals surface area (Å²) in [4.78, 5) is 2.38. The number of hydrogen-bond donors (Lipinski definition) is 2. The van der Waals surface area contributed by atoms with E-state index in [1.165, 1.54) is 6.07 Å². The van der Waals surface area contributed by atoms with Gasteiger partial charge in [0.25, 0.3) is 0 Å². The fraction of sp³-hybridized carbons (Fsp3) is 0.538. The first-order valence-electron chi connectivity index (χ1n) is 6.49. The van der Waals surface area contributed by atoms with Crippen molar-refractivity contribution < 1.29 is 8.42 Å². The smallest absolute Gasteiger partial charge is 0.240 e. The average molecular weight is 285 g/mol. The molecule has 0 radical (unpaired) electrons. The first-order chi connectivity index (χ1) is 8.89. The summed E-state index contributed by atoms with van der Waals surface area (Å²) in [5.41, 5.74) is 6.05. The predicted octanol–water partition coefficient (Wildman–Crippen LogP) is 1.28. The van der Waals surface area contributed by atoms with Gasteiger partial charge in [0.15, 0.2) is 0 Å². The lowest BCUT2D eigenvalue weighted by Gasteiger charge is -2.23. The third-order valence-corrected chi connectivity index (χ3v) is 4.54. The SMILES string of the molecule is CCN(CC)CC(C)NS(=O)(=O)c1cccc(N)c1. The van der Waals surface area contributed by atoms with Crippen molar-refractivity contribution in [2.24, 2.45) is 0 Å². The number of rotatable bonds is 7. The van der Waals surface area contributed by atoms with E-state index in [9.17, 15) is 8.42 Å². The van der Waals surface area contributed by atoms with Crippen molar-refractivity contribution in [3.63, 3.8) is 0 Å². The lowest BCUT2D eigenvalue weighted by Crippen LogP contribution is -2.41. The minimum atomic E-state index is -3.50. The Hall–Kier alpha value is -1.11. The predicted molar refractivity (Wildman–Crippen MR) is 78.4 cm³/mol. The zero-order valence-corrected chi connectivity index (χ0v) is 12.6. The van der Waals surface area contributed by atoms with Crippen LogP contribution in [0.4, 0.5) is 5.69 Å². The quantitative estimate of drug-likeness (QED) is 0.740. The molecule has 1 rings (SSSR count). The third-order valence-electron chi connectivity index (χ3n) is 2.95. The molecule has 5 nitrogen and oxygen atoms in total. The Kier molecular flexibility index (Phi) is 5.78. The lowest BCUT2D eigenvalue weighted by molar-refractivity contribution is 0.282. The third kappa shape index (κ3) is 4.81. The summed E-state index contributed by atoms with van der Waals surface area (Å²) in [6.07, 6.45) is 0. The van der Waals surface area contributed by atoms with Gasteiger partial charge in [0.2, 0.25) is 10.0 Å². The van der Waals surface area contributed by atoms with E-state index in [4.69, 9.17) is 5.73 Å². The Bertz CT molecular complexity index is 498. The van der Waals surface area contributed by atoms with E-state index in [0.29, 0.717) is 12.2 Å². The van der Waals surface area contributed by atoms with Crippen LogP contribution in [0.1, 0.15) is 20.8 Å². The van der Waals surface area contributed by atoms with E-state index in [1.807, 2.05) is 6.92 Å². The van der Waals surface area contributed by atoms with Crippen LogP contribution < -0.4 is 10.5 Å².